The van der Waals surface area contributed by atoms with Crippen LogP contribution in [0.1, 0.15) is 36.0 Å². The Morgan fingerprint density at radius 1 is 0.949 bits per heavy atom. The van der Waals surface area contributed by atoms with Crippen LogP contribution in [0.4, 0.5) is 17.1 Å². The molecule has 0 saturated heterocycles. The Kier molecular flexibility index (Phi) is 7.10. The van der Waals surface area contributed by atoms with Crippen LogP contribution in [-0.4, -0.2) is 44.0 Å². The fourth-order valence-electron chi connectivity index (χ4n) is 5.05. The Labute approximate surface area is 232 Å². The SMILES string of the molecule is CCN(CC)c1ccc(C2C(C(=O)c3cc4cc(Cl)ccc4o3)=C(O)C(=O)N2c2ccc(N(C)C)cc2)cc1. The number of anilines is 3. The summed E-state index contributed by atoms with van der Waals surface area (Å²) in [6, 6.07) is 21.0. The van der Waals surface area contributed by atoms with Gasteiger partial charge in [0, 0.05) is 54.7 Å². The fraction of sp³-hybridized carbons (Fsp3) is 0.226. The van der Waals surface area contributed by atoms with Crippen LogP contribution in [0, 0.1) is 0 Å². The van der Waals surface area contributed by atoms with Gasteiger partial charge in [-0.25, -0.2) is 0 Å². The van der Waals surface area contributed by atoms with Gasteiger partial charge in [-0.1, -0.05) is 23.7 Å². The summed E-state index contributed by atoms with van der Waals surface area (Å²) in [6.45, 7) is 5.87. The van der Waals surface area contributed by atoms with Crippen LogP contribution < -0.4 is 14.7 Å². The molecule has 0 bridgehead atoms. The van der Waals surface area contributed by atoms with Gasteiger partial charge in [0.05, 0.1) is 11.6 Å². The minimum Gasteiger partial charge on any atom is -0.503 e. The van der Waals surface area contributed by atoms with Gasteiger partial charge in [0.15, 0.2) is 11.5 Å². The molecule has 0 radical (unpaired) electrons. The second-order valence-corrected chi connectivity index (χ2v) is 10.1. The number of aliphatic hydroxyl groups excluding tert-OH is 1. The molecule has 8 heteroatoms. The summed E-state index contributed by atoms with van der Waals surface area (Å²) in [4.78, 5) is 33.1. The molecule has 39 heavy (non-hydrogen) atoms. The third-order valence-electron chi connectivity index (χ3n) is 7.14. The maximum Gasteiger partial charge on any atom is 0.294 e. The molecule has 0 saturated carbocycles. The molecule has 1 aliphatic heterocycles. The molecule has 0 aliphatic carbocycles. The van der Waals surface area contributed by atoms with E-state index < -0.39 is 23.5 Å². The lowest BCUT2D eigenvalue weighted by molar-refractivity contribution is -0.117. The van der Waals surface area contributed by atoms with Gasteiger partial charge in [0.2, 0.25) is 5.78 Å². The minimum atomic E-state index is -0.849. The molecule has 1 N–H and O–H groups in total. The van der Waals surface area contributed by atoms with Gasteiger partial charge in [-0.05, 0) is 80.1 Å². The van der Waals surface area contributed by atoms with E-state index in [0.717, 1.165) is 24.5 Å². The first-order chi connectivity index (χ1) is 18.7. The van der Waals surface area contributed by atoms with E-state index in [1.54, 1.807) is 24.3 Å². The average molecular weight is 544 g/mol. The van der Waals surface area contributed by atoms with Gasteiger partial charge >= 0.3 is 0 Å². The first kappa shape index (κ1) is 26.4. The minimum absolute atomic E-state index is 0.0242. The molecule has 2 heterocycles. The average Bonchev–Trinajstić information content (AvgIpc) is 3.47. The Hall–Kier alpha value is -4.23. The molecule has 1 atom stereocenters. The summed E-state index contributed by atoms with van der Waals surface area (Å²) in [7, 11) is 3.86. The smallest absolute Gasteiger partial charge is 0.294 e. The van der Waals surface area contributed by atoms with Crippen molar-refractivity contribution < 1.29 is 19.1 Å². The van der Waals surface area contributed by atoms with Gasteiger partial charge in [-0.2, -0.15) is 0 Å². The molecule has 1 amide bonds. The van der Waals surface area contributed by atoms with Gasteiger partial charge < -0.3 is 19.3 Å². The number of carbonyl (C=O) groups excluding carboxylic acids is 2. The van der Waals surface area contributed by atoms with Crippen LogP contribution in [-0.2, 0) is 4.79 Å². The lowest BCUT2D eigenvalue weighted by Gasteiger charge is -2.28. The number of fused-ring (bicyclic) bond motifs is 1. The molecular weight excluding hydrogens is 514 g/mol. The quantitative estimate of drug-likeness (QED) is 0.247. The highest BCUT2D eigenvalue weighted by molar-refractivity contribution is 6.31. The van der Waals surface area contributed by atoms with Crippen molar-refractivity contribution in [2.45, 2.75) is 19.9 Å². The molecule has 1 unspecified atom stereocenters. The highest BCUT2D eigenvalue weighted by atomic mass is 35.5. The molecule has 200 valence electrons. The molecule has 0 spiro atoms. The van der Waals surface area contributed by atoms with Crippen LogP contribution in [0.15, 0.2) is 88.5 Å². The van der Waals surface area contributed by atoms with Gasteiger partial charge in [0.1, 0.15) is 5.58 Å². The van der Waals surface area contributed by atoms with Crippen molar-refractivity contribution >= 4 is 51.3 Å². The van der Waals surface area contributed by atoms with E-state index >= 15 is 0 Å². The van der Waals surface area contributed by atoms with Crippen LogP contribution in [0.5, 0.6) is 0 Å². The van der Waals surface area contributed by atoms with Crippen molar-refractivity contribution in [1.82, 2.24) is 0 Å². The highest BCUT2D eigenvalue weighted by Crippen LogP contribution is 2.43. The number of benzene rings is 3. The Balaban J connectivity index is 1.62. The van der Waals surface area contributed by atoms with E-state index in [2.05, 4.69) is 18.7 Å². The zero-order valence-electron chi connectivity index (χ0n) is 22.3. The Bertz CT molecular complexity index is 1570. The molecule has 5 rings (SSSR count). The number of carbonyl (C=O) groups is 2. The Morgan fingerprint density at radius 2 is 1.59 bits per heavy atom. The van der Waals surface area contributed by atoms with Crippen molar-refractivity contribution in [2.75, 3.05) is 41.9 Å². The number of Topliss-reactive ketones (excluding diaryl/α,β-unsaturated/α-hetero) is 1. The summed E-state index contributed by atoms with van der Waals surface area (Å²) in [5, 5.41) is 12.3. The number of halogens is 1. The van der Waals surface area contributed by atoms with E-state index in [9.17, 15) is 14.7 Å². The number of ketones is 1. The molecule has 4 aromatic rings. The summed E-state index contributed by atoms with van der Waals surface area (Å²) in [5.41, 5.74) is 3.71. The number of rotatable bonds is 8. The number of hydrogen-bond acceptors (Lipinski definition) is 6. The summed E-state index contributed by atoms with van der Waals surface area (Å²) in [6.07, 6.45) is 0. The van der Waals surface area contributed by atoms with E-state index in [1.807, 2.05) is 67.5 Å². The molecule has 3 aromatic carbocycles. The van der Waals surface area contributed by atoms with E-state index in [4.69, 9.17) is 16.0 Å². The van der Waals surface area contributed by atoms with Crippen LogP contribution in [0.2, 0.25) is 5.02 Å². The van der Waals surface area contributed by atoms with Gasteiger partial charge in [0.25, 0.3) is 5.91 Å². The number of hydrogen-bond donors (Lipinski definition) is 1. The summed E-state index contributed by atoms with van der Waals surface area (Å²) in [5.74, 6) is -1.77. The molecular formula is C31H30ClN3O4. The lowest BCUT2D eigenvalue weighted by atomic mass is 9.94. The summed E-state index contributed by atoms with van der Waals surface area (Å²) >= 11 is 6.12. The standard InChI is InChI=1S/C31H30ClN3O4/c1-5-34(6-2)23-10-7-19(8-11-23)28-27(29(36)26-18-20-17-21(32)9-16-25(20)39-26)30(37)31(38)35(28)24-14-12-22(13-15-24)33(3)4/h7-18,28,37H,5-6H2,1-4H3. The first-order valence-electron chi connectivity index (χ1n) is 12.9. The van der Waals surface area contributed by atoms with Gasteiger partial charge in [-0.3, -0.25) is 14.5 Å². The number of amides is 1. The molecule has 1 aromatic heterocycles. The third kappa shape index (κ3) is 4.74. The van der Waals surface area contributed by atoms with Crippen molar-refractivity contribution in [2.24, 2.45) is 0 Å². The van der Waals surface area contributed by atoms with Crippen LogP contribution in [0.3, 0.4) is 0 Å². The monoisotopic (exact) mass is 543 g/mol. The van der Waals surface area contributed by atoms with Crippen LogP contribution in [0.25, 0.3) is 11.0 Å². The zero-order valence-corrected chi connectivity index (χ0v) is 23.1. The normalized spacial score (nSPS) is 15.4. The first-order valence-corrected chi connectivity index (χ1v) is 13.2. The maximum absolute atomic E-state index is 13.9. The van der Waals surface area contributed by atoms with Crippen molar-refractivity contribution in [3.63, 3.8) is 0 Å². The number of aliphatic hydroxyl groups is 1. The van der Waals surface area contributed by atoms with Gasteiger partial charge in [-0.15, -0.1) is 0 Å². The largest absolute Gasteiger partial charge is 0.503 e. The zero-order chi connectivity index (χ0) is 27.8. The number of nitrogens with zero attached hydrogens (tertiary/aromatic N) is 3. The van der Waals surface area contributed by atoms with Crippen molar-refractivity contribution in [3.05, 3.63) is 100 Å². The van der Waals surface area contributed by atoms with Crippen molar-refractivity contribution in [1.29, 1.82) is 0 Å². The van der Waals surface area contributed by atoms with Crippen LogP contribution >= 0.6 is 11.6 Å². The van der Waals surface area contributed by atoms with E-state index in [1.165, 1.54) is 4.90 Å². The second kappa shape index (κ2) is 10.5. The topological polar surface area (TPSA) is 77.2 Å². The third-order valence-corrected chi connectivity index (χ3v) is 7.37. The molecule has 7 nitrogen and oxygen atoms in total. The van der Waals surface area contributed by atoms with E-state index in [0.29, 0.717) is 27.2 Å². The van der Waals surface area contributed by atoms with E-state index in [-0.39, 0.29) is 11.3 Å². The van der Waals surface area contributed by atoms with Crippen molar-refractivity contribution in [3.8, 4) is 0 Å². The molecule has 1 aliphatic rings. The predicted octanol–water partition coefficient (Wildman–Crippen LogP) is 6.78. The maximum atomic E-state index is 13.9. The Morgan fingerprint density at radius 3 is 2.21 bits per heavy atom. The lowest BCUT2D eigenvalue weighted by Crippen LogP contribution is -2.31. The molecule has 0 fully saturated rings. The predicted molar refractivity (Wildman–Crippen MR) is 156 cm³/mol. The fourth-order valence-corrected chi connectivity index (χ4v) is 5.23. The summed E-state index contributed by atoms with van der Waals surface area (Å²) < 4.78 is 5.83. The second-order valence-electron chi connectivity index (χ2n) is 9.64. The highest BCUT2D eigenvalue weighted by Gasteiger charge is 2.45. The number of furan rings is 1.